The van der Waals surface area contributed by atoms with Crippen LogP contribution in [0.2, 0.25) is 0 Å². The number of hydrogen-bond acceptors (Lipinski definition) is 3. The number of aryl methyl sites for hydroxylation is 1. The molecule has 114 valence electrons. The summed E-state index contributed by atoms with van der Waals surface area (Å²) < 4.78 is 0. The van der Waals surface area contributed by atoms with Gasteiger partial charge in [0.15, 0.2) is 0 Å². The molecule has 4 rings (SSSR count). The monoisotopic (exact) mass is 302 g/mol. The third-order valence-corrected chi connectivity index (χ3v) is 4.30. The maximum absolute atomic E-state index is 10.1. The van der Waals surface area contributed by atoms with Gasteiger partial charge in [0, 0.05) is 5.56 Å². The first-order valence-electron chi connectivity index (χ1n) is 7.73. The fourth-order valence-electron chi connectivity index (χ4n) is 3.12. The molecular formula is C20H18N2O. The summed E-state index contributed by atoms with van der Waals surface area (Å²) in [6, 6.07) is 20.4. The Hall–Kier alpha value is -2.78. The van der Waals surface area contributed by atoms with Crippen molar-refractivity contribution in [3.8, 4) is 5.75 Å². The van der Waals surface area contributed by atoms with Crippen LogP contribution in [-0.2, 0) is 0 Å². The van der Waals surface area contributed by atoms with E-state index in [0.29, 0.717) is 0 Å². The van der Waals surface area contributed by atoms with Crippen molar-refractivity contribution in [2.45, 2.75) is 13.0 Å². The summed E-state index contributed by atoms with van der Waals surface area (Å²) >= 11 is 0. The summed E-state index contributed by atoms with van der Waals surface area (Å²) in [6.45, 7) is 2.02. The van der Waals surface area contributed by atoms with Gasteiger partial charge in [-0.05, 0) is 41.5 Å². The molecule has 3 nitrogen and oxygen atoms in total. The number of phenols is 1. The lowest BCUT2D eigenvalue weighted by molar-refractivity contribution is 0.472. The predicted molar refractivity (Wildman–Crippen MR) is 93.8 cm³/mol. The third kappa shape index (κ3) is 2.45. The molecule has 0 spiro atoms. The number of phenolic OH excluding ortho intramolecular Hbond substituents is 1. The van der Waals surface area contributed by atoms with Gasteiger partial charge < -0.3 is 10.5 Å². The minimum atomic E-state index is 0.0658. The largest absolute Gasteiger partial charge is 0.507 e. The minimum absolute atomic E-state index is 0.0658. The van der Waals surface area contributed by atoms with E-state index in [1.54, 1.807) is 6.07 Å². The topological polar surface area (TPSA) is 44.3 Å². The summed E-state index contributed by atoms with van der Waals surface area (Å²) in [5.41, 5.74) is 10.6. The molecule has 23 heavy (non-hydrogen) atoms. The zero-order valence-electron chi connectivity index (χ0n) is 12.9. The molecule has 3 N–H and O–H groups in total. The molecule has 0 saturated carbocycles. The molecule has 3 heteroatoms. The van der Waals surface area contributed by atoms with Crippen molar-refractivity contribution in [1.82, 2.24) is 10.9 Å². The van der Waals surface area contributed by atoms with Gasteiger partial charge in [0.2, 0.25) is 0 Å². The van der Waals surface area contributed by atoms with Crippen LogP contribution >= 0.6 is 0 Å². The lowest BCUT2D eigenvalue weighted by Gasteiger charge is -2.12. The van der Waals surface area contributed by atoms with E-state index in [2.05, 4.69) is 59.4 Å². The molecule has 1 aliphatic heterocycles. The second kappa shape index (κ2) is 5.45. The predicted octanol–water partition coefficient (Wildman–Crippen LogP) is 4.04. The molecule has 3 aromatic carbocycles. The summed E-state index contributed by atoms with van der Waals surface area (Å²) in [6.07, 6.45) is 2.12. The van der Waals surface area contributed by atoms with Crippen LogP contribution in [0.15, 0.2) is 66.7 Å². The Kier molecular flexibility index (Phi) is 3.28. The van der Waals surface area contributed by atoms with Crippen LogP contribution in [0.25, 0.3) is 16.5 Å². The fraction of sp³-hybridized carbons (Fsp3) is 0.100. The van der Waals surface area contributed by atoms with Crippen LogP contribution in [0.1, 0.15) is 22.7 Å². The normalized spacial score (nSPS) is 17.1. The van der Waals surface area contributed by atoms with Crippen molar-refractivity contribution < 1.29 is 5.11 Å². The zero-order chi connectivity index (χ0) is 15.8. The van der Waals surface area contributed by atoms with Crippen LogP contribution in [0, 0.1) is 6.92 Å². The Morgan fingerprint density at radius 1 is 0.957 bits per heavy atom. The van der Waals surface area contributed by atoms with E-state index < -0.39 is 0 Å². The van der Waals surface area contributed by atoms with E-state index in [-0.39, 0.29) is 11.8 Å². The molecule has 0 fully saturated rings. The summed E-state index contributed by atoms with van der Waals surface area (Å²) in [5.74, 6) is 0.287. The van der Waals surface area contributed by atoms with Crippen LogP contribution < -0.4 is 10.9 Å². The lowest BCUT2D eigenvalue weighted by Crippen LogP contribution is -2.26. The van der Waals surface area contributed by atoms with Crippen LogP contribution in [-0.4, -0.2) is 5.11 Å². The average Bonchev–Trinajstić information content (AvgIpc) is 3.06. The number of hydrazine groups is 1. The molecule has 1 unspecified atom stereocenters. The van der Waals surface area contributed by atoms with Crippen LogP contribution in [0.3, 0.4) is 0 Å². The molecule has 3 aromatic rings. The smallest absolute Gasteiger partial charge is 0.124 e. The highest BCUT2D eigenvalue weighted by molar-refractivity contribution is 5.87. The Morgan fingerprint density at radius 2 is 1.78 bits per heavy atom. The van der Waals surface area contributed by atoms with Gasteiger partial charge in [-0.25, -0.2) is 5.43 Å². The van der Waals surface area contributed by atoms with Gasteiger partial charge in [0.1, 0.15) is 5.75 Å². The van der Waals surface area contributed by atoms with Crippen molar-refractivity contribution in [3.63, 3.8) is 0 Å². The van der Waals surface area contributed by atoms with Gasteiger partial charge >= 0.3 is 0 Å². The first-order valence-corrected chi connectivity index (χ1v) is 7.73. The number of aromatic hydroxyl groups is 1. The molecule has 0 amide bonds. The minimum Gasteiger partial charge on any atom is -0.507 e. The maximum Gasteiger partial charge on any atom is 0.124 e. The van der Waals surface area contributed by atoms with Crippen molar-refractivity contribution >= 4 is 16.5 Å². The first-order chi connectivity index (χ1) is 11.2. The van der Waals surface area contributed by atoms with E-state index in [9.17, 15) is 5.11 Å². The number of hydrogen-bond donors (Lipinski definition) is 3. The van der Waals surface area contributed by atoms with Gasteiger partial charge in [-0.1, -0.05) is 54.1 Å². The highest BCUT2D eigenvalue weighted by Gasteiger charge is 2.20. The number of fused-ring (bicyclic) bond motifs is 1. The quantitative estimate of drug-likeness (QED) is 0.669. The molecule has 0 saturated heterocycles. The van der Waals surface area contributed by atoms with Gasteiger partial charge in [0.05, 0.1) is 11.7 Å². The van der Waals surface area contributed by atoms with Gasteiger partial charge in [-0.2, -0.15) is 0 Å². The highest BCUT2D eigenvalue weighted by atomic mass is 16.3. The molecule has 1 aliphatic rings. The molecular weight excluding hydrogens is 284 g/mol. The van der Waals surface area contributed by atoms with E-state index in [1.807, 2.05) is 19.1 Å². The highest BCUT2D eigenvalue weighted by Crippen LogP contribution is 2.32. The third-order valence-electron chi connectivity index (χ3n) is 4.30. The van der Waals surface area contributed by atoms with Crippen molar-refractivity contribution in [1.29, 1.82) is 0 Å². The summed E-state index contributed by atoms with van der Waals surface area (Å²) in [5, 5.41) is 12.6. The van der Waals surface area contributed by atoms with E-state index in [0.717, 1.165) is 16.8 Å². The van der Waals surface area contributed by atoms with Crippen LogP contribution in [0.5, 0.6) is 5.75 Å². The molecule has 0 aliphatic carbocycles. The zero-order valence-corrected chi connectivity index (χ0v) is 12.9. The molecule has 0 radical (unpaired) electrons. The fourth-order valence-corrected chi connectivity index (χ4v) is 3.12. The lowest BCUT2D eigenvalue weighted by atomic mass is 9.98. The van der Waals surface area contributed by atoms with E-state index >= 15 is 0 Å². The van der Waals surface area contributed by atoms with Gasteiger partial charge in [-0.3, -0.25) is 0 Å². The average molecular weight is 302 g/mol. The van der Waals surface area contributed by atoms with Crippen molar-refractivity contribution in [2.24, 2.45) is 0 Å². The van der Waals surface area contributed by atoms with Crippen molar-refractivity contribution in [3.05, 3.63) is 83.4 Å². The Bertz CT molecular complexity index is 909. The second-order valence-corrected chi connectivity index (χ2v) is 5.92. The standard InChI is InChI=1S/C20H18N2O/c1-13-9-10-20(23)17(11-13)19-12-18(21-22-19)16-8-4-6-14-5-2-3-7-15(14)16/h2-12,18,21-23H,1H3. The summed E-state index contributed by atoms with van der Waals surface area (Å²) in [4.78, 5) is 0. The number of nitrogens with one attached hydrogen (secondary N) is 2. The van der Waals surface area contributed by atoms with E-state index in [4.69, 9.17) is 0 Å². The maximum atomic E-state index is 10.1. The molecule has 0 aromatic heterocycles. The van der Waals surface area contributed by atoms with Crippen molar-refractivity contribution in [2.75, 3.05) is 0 Å². The first kappa shape index (κ1) is 13.9. The SMILES string of the molecule is Cc1ccc(O)c(C2=CC(c3cccc4ccccc34)NN2)c1. The Morgan fingerprint density at radius 3 is 2.70 bits per heavy atom. The summed E-state index contributed by atoms with van der Waals surface area (Å²) in [7, 11) is 0. The van der Waals surface area contributed by atoms with E-state index in [1.165, 1.54) is 16.3 Å². The molecule has 0 bridgehead atoms. The van der Waals surface area contributed by atoms with Gasteiger partial charge in [-0.15, -0.1) is 0 Å². The molecule has 1 heterocycles. The van der Waals surface area contributed by atoms with Gasteiger partial charge in [0.25, 0.3) is 0 Å². The second-order valence-electron chi connectivity index (χ2n) is 5.92. The molecule has 1 atom stereocenters. The van der Waals surface area contributed by atoms with Crippen LogP contribution in [0.4, 0.5) is 0 Å². The number of benzene rings is 3. The number of rotatable bonds is 2. The Labute approximate surface area is 135 Å². The Balaban J connectivity index is 1.77.